The molecule has 1 aliphatic carbocycles. The van der Waals surface area contributed by atoms with Gasteiger partial charge in [0.05, 0.1) is 5.75 Å². The molecule has 0 heterocycles. The van der Waals surface area contributed by atoms with Gasteiger partial charge in [0.25, 0.3) is 0 Å². The quantitative estimate of drug-likeness (QED) is 0.744. The summed E-state index contributed by atoms with van der Waals surface area (Å²) in [6.45, 7) is 0.406. The molecular weight excluding hydrogens is 276 g/mol. The van der Waals surface area contributed by atoms with Crippen molar-refractivity contribution in [3.63, 3.8) is 0 Å². The van der Waals surface area contributed by atoms with Crippen LogP contribution in [0, 0.1) is 0 Å². The summed E-state index contributed by atoms with van der Waals surface area (Å²) in [6.07, 6.45) is 3.39. The predicted molar refractivity (Wildman–Crippen MR) is 79.5 cm³/mol. The summed E-state index contributed by atoms with van der Waals surface area (Å²) in [5.74, 6) is -0.0278. The molecule has 0 atom stereocenters. The molecule has 2 rings (SSSR count). The molecule has 1 aliphatic rings. The average Bonchev–Trinajstić information content (AvgIpc) is 2.31. The molecule has 0 radical (unpaired) electrons. The third kappa shape index (κ3) is 3.71. The molecule has 1 aromatic rings. The number of sulfonamides is 1. The second-order valence-electron chi connectivity index (χ2n) is 5.27. The van der Waals surface area contributed by atoms with E-state index in [2.05, 4.69) is 0 Å². The van der Waals surface area contributed by atoms with Crippen molar-refractivity contribution < 1.29 is 13.5 Å². The summed E-state index contributed by atoms with van der Waals surface area (Å²) in [4.78, 5) is 0. The van der Waals surface area contributed by atoms with Crippen LogP contribution in [0.15, 0.2) is 24.3 Å². The topological polar surface area (TPSA) is 83.6 Å². The normalized spacial score (nSPS) is 16.3. The molecule has 5 nitrogen and oxygen atoms in total. The number of rotatable bonds is 7. The molecular formula is C14H22N2O3S. The van der Waals surface area contributed by atoms with E-state index in [1.165, 1.54) is 0 Å². The van der Waals surface area contributed by atoms with Crippen molar-refractivity contribution in [2.75, 3.05) is 18.9 Å². The first-order chi connectivity index (χ1) is 9.53. The lowest BCUT2D eigenvalue weighted by molar-refractivity contribution is 0.198. The van der Waals surface area contributed by atoms with E-state index in [0.29, 0.717) is 24.2 Å². The van der Waals surface area contributed by atoms with Gasteiger partial charge in [-0.05, 0) is 37.0 Å². The second kappa shape index (κ2) is 6.56. The second-order valence-corrected chi connectivity index (χ2v) is 7.20. The van der Waals surface area contributed by atoms with Crippen molar-refractivity contribution in [2.45, 2.75) is 37.5 Å². The Balaban J connectivity index is 2.12. The lowest BCUT2D eigenvalue weighted by Gasteiger charge is -2.36. The van der Waals surface area contributed by atoms with Gasteiger partial charge in [0.2, 0.25) is 10.0 Å². The largest absolute Gasteiger partial charge is 0.399 e. The number of aliphatic hydroxyl groups is 1. The van der Waals surface area contributed by atoms with Crippen LogP contribution in [0.5, 0.6) is 0 Å². The van der Waals surface area contributed by atoms with Crippen molar-refractivity contribution in [3.05, 3.63) is 29.8 Å². The number of hydrogen-bond acceptors (Lipinski definition) is 4. The SMILES string of the molecule is Nc1cccc(CS(=O)(=O)N(CCCO)C2CCC2)c1. The number of hydrogen-bond donors (Lipinski definition) is 2. The van der Waals surface area contributed by atoms with E-state index in [0.717, 1.165) is 19.3 Å². The van der Waals surface area contributed by atoms with Gasteiger partial charge in [-0.15, -0.1) is 0 Å². The molecule has 0 saturated heterocycles. The van der Waals surface area contributed by atoms with E-state index >= 15 is 0 Å². The Bertz CT molecular complexity index is 541. The Kier molecular flexibility index (Phi) is 5.01. The summed E-state index contributed by atoms with van der Waals surface area (Å²) in [7, 11) is -3.36. The van der Waals surface area contributed by atoms with E-state index in [-0.39, 0.29) is 18.4 Å². The molecule has 3 N–H and O–H groups in total. The number of nitrogens with two attached hydrogens (primary N) is 1. The van der Waals surface area contributed by atoms with E-state index in [1.54, 1.807) is 28.6 Å². The smallest absolute Gasteiger partial charge is 0.218 e. The fourth-order valence-electron chi connectivity index (χ4n) is 2.43. The van der Waals surface area contributed by atoms with E-state index in [1.807, 2.05) is 0 Å². The lowest BCUT2D eigenvalue weighted by atomic mass is 9.93. The number of nitrogen functional groups attached to an aromatic ring is 1. The predicted octanol–water partition coefficient (Wildman–Crippen LogP) is 1.34. The Morgan fingerprint density at radius 3 is 2.65 bits per heavy atom. The highest BCUT2D eigenvalue weighted by Crippen LogP contribution is 2.28. The molecule has 20 heavy (non-hydrogen) atoms. The van der Waals surface area contributed by atoms with Gasteiger partial charge < -0.3 is 10.8 Å². The van der Waals surface area contributed by atoms with Gasteiger partial charge in [-0.25, -0.2) is 8.42 Å². The fraction of sp³-hybridized carbons (Fsp3) is 0.571. The Morgan fingerprint density at radius 2 is 2.10 bits per heavy atom. The average molecular weight is 298 g/mol. The van der Waals surface area contributed by atoms with Gasteiger partial charge in [0.1, 0.15) is 0 Å². The van der Waals surface area contributed by atoms with Gasteiger partial charge in [0, 0.05) is 24.9 Å². The lowest BCUT2D eigenvalue weighted by Crippen LogP contribution is -2.45. The minimum Gasteiger partial charge on any atom is -0.399 e. The van der Waals surface area contributed by atoms with Crippen molar-refractivity contribution in [1.82, 2.24) is 4.31 Å². The molecule has 0 unspecified atom stereocenters. The first-order valence-corrected chi connectivity index (χ1v) is 8.58. The summed E-state index contributed by atoms with van der Waals surface area (Å²) in [5.41, 5.74) is 6.97. The summed E-state index contributed by atoms with van der Waals surface area (Å²) >= 11 is 0. The highest BCUT2D eigenvalue weighted by atomic mass is 32.2. The zero-order chi connectivity index (χ0) is 14.6. The first kappa shape index (κ1) is 15.3. The molecule has 112 valence electrons. The standard InChI is InChI=1S/C14H22N2O3S/c15-13-5-1-4-12(10-13)11-20(18,19)16(8-3-9-17)14-6-2-7-14/h1,4-5,10,14,17H,2-3,6-9,11,15H2. The molecule has 1 aromatic carbocycles. The summed E-state index contributed by atoms with van der Waals surface area (Å²) < 4.78 is 26.7. The van der Waals surface area contributed by atoms with Crippen LogP contribution < -0.4 is 5.73 Å². The summed E-state index contributed by atoms with van der Waals surface area (Å²) in [6, 6.07) is 7.09. The minimum atomic E-state index is -3.36. The molecule has 0 bridgehead atoms. The van der Waals surface area contributed by atoms with Crippen molar-refractivity contribution >= 4 is 15.7 Å². The van der Waals surface area contributed by atoms with Gasteiger partial charge in [-0.3, -0.25) is 0 Å². The Hall–Kier alpha value is -1.11. The zero-order valence-corrected chi connectivity index (χ0v) is 12.3. The van der Waals surface area contributed by atoms with Crippen LogP contribution >= 0.6 is 0 Å². The van der Waals surface area contributed by atoms with Crippen molar-refractivity contribution in [3.8, 4) is 0 Å². The maximum atomic E-state index is 12.6. The molecule has 0 aromatic heterocycles. The first-order valence-electron chi connectivity index (χ1n) is 6.98. The van der Waals surface area contributed by atoms with Crippen molar-refractivity contribution in [2.24, 2.45) is 0 Å². The molecule has 0 aliphatic heterocycles. The number of anilines is 1. The van der Waals surface area contributed by atoms with Crippen LogP contribution in [0.4, 0.5) is 5.69 Å². The highest BCUT2D eigenvalue weighted by molar-refractivity contribution is 7.88. The molecule has 0 spiro atoms. The van der Waals surface area contributed by atoms with Crippen LogP contribution in [-0.2, 0) is 15.8 Å². The van der Waals surface area contributed by atoms with Gasteiger partial charge in [-0.2, -0.15) is 4.31 Å². The third-order valence-corrected chi connectivity index (χ3v) is 5.57. The van der Waals surface area contributed by atoms with Crippen molar-refractivity contribution in [1.29, 1.82) is 0 Å². The molecule has 0 amide bonds. The maximum Gasteiger partial charge on any atom is 0.218 e. The number of nitrogens with zero attached hydrogens (tertiary/aromatic N) is 1. The Labute approximate surface area is 120 Å². The molecule has 1 saturated carbocycles. The van der Waals surface area contributed by atoms with Crippen LogP contribution in [0.25, 0.3) is 0 Å². The number of benzene rings is 1. The van der Waals surface area contributed by atoms with E-state index in [4.69, 9.17) is 10.8 Å². The zero-order valence-electron chi connectivity index (χ0n) is 11.5. The van der Waals surface area contributed by atoms with E-state index < -0.39 is 10.0 Å². The van der Waals surface area contributed by atoms with Crippen LogP contribution in [0.2, 0.25) is 0 Å². The Morgan fingerprint density at radius 1 is 1.35 bits per heavy atom. The highest BCUT2D eigenvalue weighted by Gasteiger charge is 2.33. The van der Waals surface area contributed by atoms with Gasteiger partial charge in [-0.1, -0.05) is 18.6 Å². The molecule has 1 fully saturated rings. The maximum absolute atomic E-state index is 12.6. The van der Waals surface area contributed by atoms with Gasteiger partial charge in [0.15, 0.2) is 0 Å². The van der Waals surface area contributed by atoms with Crippen LogP contribution in [0.1, 0.15) is 31.2 Å². The van der Waals surface area contributed by atoms with Crippen LogP contribution in [-0.4, -0.2) is 37.0 Å². The summed E-state index contributed by atoms with van der Waals surface area (Å²) in [5, 5.41) is 8.94. The minimum absolute atomic E-state index is 0.0109. The monoisotopic (exact) mass is 298 g/mol. The van der Waals surface area contributed by atoms with Crippen LogP contribution in [0.3, 0.4) is 0 Å². The van der Waals surface area contributed by atoms with E-state index in [9.17, 15) is 8.42 Å². The third-order valence-electron chi connectivity index (χ3n) is 3.68. The van der Waals surface area contributed by atoms with Gasteiger partial charge >= 0.3 is 0 Å². The fourth-order valence-corrected chi connectivity index (χ4v) is 4.27. The number of aliphatic hydroxyl groups excluding tert-OH is 1. The molecule has 6 heteroatoms.